The van der Waals surface area contributed by atoms with Crippen LogP contribution in [0, 0.1) is 5.41 Å². The van der Waals surface area contributed by atoms with Gasteiger partial charge in [-0.25, -0.2) is 0 Å². The van der Waals surface area contributed by atoms with Crippen LogP contribution in [-0.2, 0) is 0 Å². The van der Waals surface area contributed by atoms with Crippen molar-refractivity contribution >= 4 is 17.2 Å². The summed E-state index contributed by atoms with van der Waals surface area (Å²) in [6, 6.07) is 8.66. The fourth-order valence-electron chi connectivity index (χ4n) is 1.29. The highest BCUT2D eigenvalue weighted by molar-refractivity contribution is 5.95. The Morgan fingerprint density at radius 1 is 1.11 bits per heavy atom. The van der Waals surface area contributed by atoms with Gasteiger partial charge in [-0.2, -0.15) is 0 Å². The molecule has 0 aliphatic carbocycles. The molecule has 0 bridgehead atoms. The Morgan fingerprint density at radius 3 is 2.58 bits per heavy atom. The highest BCUT2D eigenvalue weighted by Gasteiger charge is 2.02. The van der Waals surface area contributed by atoms with Gasteiger partial charge in [-0.1, -0.05) is 12.6 Å². The number of hydrogen-bond acceptors (Lipinski definition) is 5. The van der Waals surface area contributed by atoms with Gasteiger partial charge in [-0.05, 0) is 24.3 Å². The Kier molecular flexibility index (Phi) is 3.72. The van der Waals surface area contributed by atoms with Crippen molar-refractivity contribution < 1.29 is 0 Å². The molecule has 2 rings (SSSR count). The van der Waals surface area contributed by atoms with Crippen LogP contribution in [0.5, 0.6) is 0 Å². The van der Waals surface area contributed by atoms with Gasteiger partial charge in [-0.3, -0.25) is 15.4 Å². The number of anilines is 1. The summed E-state index contributed by atoms with van der Waals surface area (Å²) in [5.41, 5.74) is 7.45. The van der Waals surface area contributed by atoms with E-state index in [9.17, 15) is 0 Å². The average molecular weight is 252 g/mol. The molecule has 19 heavy (non-hydrogen) atoms. The zero-order chi connectivity index (χ0) is 13.7. The molecule has 94 valence electrons. The number of hydrogen-bond donors (Lipinski definition) is 2. The highest BCUT2D eigenvalue weighted by atomic mass is 15.1. The monoisotopic (exact) mass is 252 g/mol. The van der Waals surface area contributed by atoms with Crippen LogP contribution in [0.4, 0.5) is 5.69 Å². The molecule has 2 aromatic heterocycles. The summed E-state index contributed by atoms with van der Waals surface area (Å²) >= 11 is 0. The number of nitrogens with one attached hydrogen (secondary N) is 1. The highest BCUT2D eigenvalue weighted by Crippen LogP contribution is 2.11. The first kappa shape index (κ1) is 12.6. The van der Waals surface area contributed by atoms with Crippen LogP contribution in [0.2, 0.25) is 0 Å². The predicted molar refractivity (Wildman–Crippen MR) is 73.6 cm³/mol. The third kappa shape index (κ3) is 3.29. The van der Waals surface area contributed by atoms with E-state index in [-0.39, 0.29) is 5.84 Å². The van der Waals surface area contributed by atoms with Crippen molar-refractivity contribution in [3.8, 4) is 0 Å². The number of nitrogens with zero attached hydrogens (tertiary/aromatic N) is 4. The lowest BCUT2D eigenvalue weighted by atomic mass is 10.3. The Bertz CT molecular complexity index is 615. The van der Waals surface area contributed by atoms with Gasteiger partial charge < -0.3 is 5.73 Å². The van der Waals surface area contributed by atoms with Crippen LogP contribution in [-0.4, -0.2) is 15.8 Å². The summed E-state index contributed by atoms with van der Waals surface area (Å²) in [5.74, 6) is -0.0583. The van der Waals surface area contributed by atoms with Crippen molar-refractivity contribution in [1.82, 2.24) is 9.97 Å². The van der Waals surface area contributed by atoms with Crippen LogP contribution >= 0.6 is 0 Å². The SMILES string of the molecule is C=C(/N=N\C(=N)c1ccc(N)cn1)c1ccccn1. The zero-order valence-corrected chi connectivity index (χ0v) is 10.1. The standard InChI is InChI=1S/C13H12N6/c1-9(11-4-2-3-7-16-11)18-19-13(15)12-6-5-10(14)8-17-12/h2-8,15H,1,14H2/b15-13?,19-18-. The van der Waals surface area contributed by atoms with E-state index in [4.69, 9.17) is 11.1 Å². The molecular formula is C13H12N6. The summed E-state index contributed by atoms with van der Waals surface area (Å²) in [4.78, 5) is 8.07. The summed E-state index contributed by atoms with van der Waals surface area (Å²) in [5, 5.41) is 15.4. The second kappa shape index (κ2) is 5.63. The lowest BCUT2D eigenvalue weighted by Crippen LogP contribution is -1.98. The van der Waals surface area contributed by atoms with Crippen LogP contribution in [0.1, 0.15) is 11.4 Å². The maximum absolute atomic E-state index is 7.73. The maximum atomic E-state index is 7.73. The minimum absolute atomic E-state index is 0.0583. The van der Waals surface area contributed by atoms with Gasteiger partial charge in [0.1, 0.15) is 11.4 Å². The topological polar surface area (TPSA) is 100 Å². The van der Waals surface area contributed by atoms with Crippen molar-refractivity contribution in [3.63, 3.8) is 0 Å². The average Bonchev–Trinajstić information content (AvgIpc) is 2.46. The van der Waals surface area contributed by atoms with Crippen molar-refractivity contribution in [2.75, 3.05) is 5.73 Å². The summed E-state index contributed by atoms with van der Waals surface area (Å²) in [7, 11) is 0. The number of aromatic nitrogens is 2. The molecule has 6 nitrogen and oxygen atoms in total. The fourth-order valence-corrected chi connectivity index (χ4v) is 1.29. The number of amidine groups is 1. The van der Waals surface area contributed by atoms with E-state index in [2.05, 4.69) is 26.8 Å². The third-order valence-corrected chi connectivity index (χ3v) is 2.26. The molecule has 0 radical (unpaired) electrons. The second-order valence-electron chi connectivity index (χ2n) is 3.69. The van der Waals surface area contributed by atoms with Crippen LogP contribution in [0.15, 0.2) is 59.5 Å². The molecule has 0 saturated heterocycles. The predicted octanol–water partition coefficient (Wildman–Crippen LogP) is 2.51. The van der Waals surface area contributed by atoms with E-state index in [1.165, 1.54) is 6.20 Å². The number of pyridine rings is 2. The lowest BCUT2D eigenvalue weighted by molar-refractivity contribution is 1.17. The summed E-state index contributed by atoms with van der Waals surface area (Å²) in [6.07, 6.45) is 3.11. The largest absolute Gasteiger partial charge is 0.397 e. The molecule has 0 aromatic carbocycles. The third-order valence-electron chi connectivity index (χ3n) is 2.26. The van der Waals surface area contributed by atoms with Crippen molar-refractivity contribution in [1.29, 1.82) is 5.41 Å². The van der Waals surface area contributed by atoms with E-state index in [0.29, 0.717) is 22.8 Å². The van der Waals surface area contributed by atoms with Gasteiger partial charge in [0.2, 0.25) is 0 Å². The quantitative estimate of drug-likeness (QED) is 0.498. The number of nitrogen functional groups attached to an aromatic ring is 1. The zero-order valence-electron chi connectivity index (χ0n) is 10.1. The first-order valence-corrected chi connectivity index (χ1v) is 5.49. The van der Waals surface area contributed by atoms with Crippen molar-refractivity contribution in [3.05, 3.63) is 60.7 Å². The molecule has 0 atom stereocenters. The first-order valence-electron chi connectivity index (χ1n) is 5.49. The van der Waals surface area contributed by atoms with Gasteiger partial charge in [-0.15, -0.1) is 10.2 Å². The van der Waals surface area contributed by atoms with E-state index < -0.39 is 0 Å². The summed E-state index contributed by atoms with van der Waals surface area (Å²) in [6.45, 7) is 3.74. The molecule has 0 amide bonds. The molecule has 0 unspecified atom stereocenters. The summed E-state index contributed by atoms with van der Waals surface area (Å²) < 4.78 is 0. The van der Waals surface area contributed by atoms with Gasteiger partial charge in [0.15, 0.2) is 5.84 Å². The second-order valence-corrected chi connectivity index (χ2v) is 3.69. The first-order chi connectivity index (χ1) is 9.16. The van der Waals surface area contributed by atoms with Crippen LogP contribution in [0.3, 0.4) is 0 Å². The van der Waals surface area contributed by atoms with Crippen molar-refractivity contribution in [2.24, 2.45) is 10.2 Å². The number of rotatable bonds is 3. The van der Waals surface area contributed by atoms with Gasteiger partial charge in [0.25, 0.3) is 0 Å². The molecule has 0 fully saturated rings. The smallest absolute Gasteiger partial charge is 0.193 e. The molecule has 0 aliphatic heterocycles. The van der Waals surface area contributed by atoms with E-state index in [1.54, 1.807) is 30.5 Å². The Balaban J connectivity index is 2.09. The fraction of sp³-hybridized carbons (Fsp3) is 0. The minimum atomic E-state index is -0.0583. The van der Waals surface area contributed by atoms with Gasteiger partial charge in [0, 0.05) is 6.20 Å². The molecule has 6 heteroatoms. The molecular weight excluding hydrogens is 240 g/mol. The Labute approximate surface area is 110 Å². The minimum Gasteiger partial charge on any atom is -0.397 e. The molecule has 2 aromatic rings. The normalized spacial score (nSPS) is 10.5. The maximum Gasteiger partial charge on any atom is 0.193 e. The van der Waals surface area contributed by atoms with E-state index in [0.717, 1.165) is 0 Å². The van der Waals surface area contributed by atoms with Gasteiger partial charge >= 0.3 is 0 Å². The Morgan fingerprint density at radius 2 is 1.95 bits per heavy atom. The van der Waals surface area contributed by atoms with E-state index in [1.807, 2.05) is 6.07 Å². The molecule has 2 heterocycles. The number of azo groups is 1. The lowest BCUT2D eigenvalue weighted by Gasteiger charge is -1.98. The Hall–Kier alpha value is -2.89. The number of nitrogens with two attached hydrogens (primary N) is 1. The molecule has 0 spiro atoms. The van der Waals surface area contributed by atoms with E-state index >= 15 is 0 Å². The molecule has 0 saturated carbocycles. The van der Waals surface area contributed by atoms with Crippen LogP contribution in [0.25, 0.3) is 5.70 Å². The molecule has 0 aliphatic rings. The van der Waals surface area contributed by atoms with Gasteiger partial charge in [0.05, 0.1) is 17.6 Å². The van der Waals surface area contributed by atoms with Crippen molar-refractivity contribution in [2.45, 2.75) is 0 Å². The van der Waals surface area contributed by atoms with Crippen LogP contribution < -0.4 is 5.73 Å². The molecule has 3 N–H and O–H groups in total.